The summed E-state index contributed by atoms with van der Waals surface area (Å²) < 4.78 is 0.597. The third-order valence-corrected chi connectivity index (χ3v) is 3.90. The van der Waals surface area contributed by atoms with Gasteiger partial charge in [0.25, 0.3) is 5.91 Å². The molecule has 0 unspecified atom stereocenters. The molecule has 0 aliphatic heterocycles. The zero-order valence-electron chi connectivity index (χ0n) is 12.3. The van der Waals surface area contributed by atoms with Gasteiger partial charge in [0.15, 0.2) is 0 Å². The van der Waals surface area contributed by atoms with Crippen molar-refractivity contribution in [3.05, 3.63) is 63.9 Å². The normalized spacial score (nSPS) is 10.4. The lowest BCUT2D eigenvalue weighted by Crippen LogP contribution is -2.31. The summed E-state index contributed by atoms with van der Waals surface area (Å²) in [5.74, 6) is 0.0115. The van der Waals surface area contributed by atoms with Gasteiger partial charge in [-0.15, -0.1) is 0 Å². The van der Waals surface area contributed by atoms with E-state index in [1.807, 2.05) is 4.90 Å². The first-order valence-corrected chi connectivity index (χ1v) is 7.86. The van der Waals surface area contributed by atoms with Crippen LogP contribution in [0.1, 0.15) is 34.8 Å². The second kappa shape index (κ2) is 7.36. The number of hydrogen-bond donors (Lipinski definition) is 0. The molecule has 1 aromatic heterocycles. The van der Waals surface area contributed by atoms with E-state index in [1.54, 1.807) is 18.3 Å². The molecule has 0 atom stereocenters. The van der Waals surface area contributed by atoms with Crippen LogP contribution in [0, 0.1) is 6.92 Å². The molecule has 2 aromatic rings. The molecule has 0 saturated heterocycles. The Balaban J connectivity index is 2.20. The van der Waals surface area contributed by atoms with Crippen molar-refractivity contribution in [1.82, 2.24) is 9.88 Å². The number of aromatic nitrogens is 1. The van der Waals surface area contributed by atoms with Crippen molar-refractivity contribution in [2.75, 3.05) is 6.54 Å². The number of benzene rings is 1. The number of carbonyl (C=O) groups is 1. The molecule has 21 heavy (non-hydrogen) atoms. The molecule has 3 nitrogen and oxygen atoms in total. The Labute approximate surface area is 134 Å². The van der Waals surface area contributed by atoms with Gasteiger partial charge in [0, 0.05) is 19.3 Å². The van der Waals surface area contributed by atoms with Crippen LogP contribution in [0.3, 0.4) is 0 Å². The summed E-state index contributed by atoms with van der Waals surface area (Å²) >= 11 is 3.35. The largest absolute Gasteiger partial charge is 0.334 e. The van der Waals surface area contributed by atoms with Crippen LogP contribution in [0.2, 0.25) is 0 Å². The number of halogens is 1. The van der Waals surface area contributed by atoms with Crippen LogP contribution in [0.15, 0.2) is 47.2 Å². The molecule has 0 saturated carbocycles. The van der Waals surface area contributed by atoms with Gasteiger partial charge in [-0.05, 0) is 47.0 Å². The van der Waals surface area contributed by atoms with Crippen molar-refractivity contribution < 1.29 is 4.79 Å². The van der Waals surface area contributed by atoms with E-state index in [1.165, 1.54) is 5.56 Å². The van der Waals surface area contributed by atoms with Crippen molar-refractivity contribution in [1.29, 1.82) is 0 Å². The van der Waals surface area contributed by atoms with Crippen LogP contribution in [0.5, 0.6) is 0 Å². The van der Waals surface area contributed by atoms with Gasteiger partial charge in [-0.25, -0.2) is 4.98 Å². The van der Waals surface area contributed by atoms with Gasteiger partial charge in [0.1, 0.15) is 4.60 Å². The van der Waals surface area contributed by atoms with Crippen molar-refractivity contribution >= 4 is 21.8 Å². The van der Waals surface area contributed by atoms with Gasteiger partial charge in [-0.1, -0.05) is 36.8 Å². The maximum atomic E-state index is 12.7. The molecule has 0 aliphatic rings. The second-order valence-corrected chi connectivity index (χ2v) is 5.81. The van der Waals surface area contributed by atoms with E-state index in [-0.39, 0.29) is 5.91 Å². The number of hydrogen-bond acceptors (Lipinski definition) is 2. The highest BCUT2D eigenvalue weighted by Gasteiger charge is 2.18. The van der Waals surface area contributed by atoms with Crippen LogP contribution in [0.25, 0.3) is 0 Å². The molecule has 0 fully saturated rings. The predicted octanol–water partition coefficient (Wildman–Crippen LogP) is 4.20. The van der Waals surface area contributed by atoms with Crippen molar-refractivity contribution in [2.24, 2.45) is 0 Å². The zero-order chi connectivity index (χ0) is 15.2. The van der Waals surface area contributed by atoms with Gasteiger partial charge < -0.3 is 4.90 Å². The minimum atomic E-state index is 0.0115. The SMILES string of the molecule is CCCN(Cc1ccc(C)cc1)C(=O)c1cccnc1Br. The summed E-state index contributed by atoms with van der Waals surface area (Å²) in [7, 11) is 0. The number of nitrogens with zero attached hydrogens (tertiary/aromatic N) is 2. The van der Waals surface area contributed by atoms with E-state index in [9.17, 15) is 4.79 Å². The molecule has 110 valence electrons. The Morgan fingerprint density at radius 3 is 2.57 bits per heavy atom. The minimum Gasteiger partial charge on any atom is -0.334 e. The Hall–Kier alpha value is -1.68. The fraction of sp³-hybridized carbons (Fsp3) is 0.294. The lowest BCUT2D eigenvalue weighted by atomic mass is 10.1. The van der Waals surface area contributed by atoms with Crippen LogP contribution in [-0.2, 0) is 6.54 Å². The third kappa shape index (κ3) is 4.14. The summed E-state index contributed by atoms with van der Waals surface area (Å²) in [6, 6.07) is 11.9. The standard InChI is InChI=1S/C17H19BrN2O/c1-3-11-20(12-14-8-6-13(2)7-9-14)17(21)15-5-4-10-19-16(15)18/h4-10H,3,11-12H2,1-2H3. The lowest BCUT2D eigenvalue weighted by molar-refractivity contribution is 0.0741. The fourth-order valence-electron chi connectivity index (χ4n) is 2.15. The maximum absolute atomic E-state index is 12.7. The molecular weight excluding hydrogens is 328 g/mol. The van der Waals surface area contributed by atoms with Gasteiger partial charge in [-0.2, -0.15) is 0 Å². The molecule has 1 heterocycles. The Morgan fingerprint density at radius 1 is 1.24 bits per heavy atom. The van der Waals surface area contributed by atoms with Crippen molar-refractivity contribution in [3.63, 3.8) is 0 Å². The van der Waals surface area contributed by atoms with Crippen LogP contribution >= 0.6 is 15.9 Å². The average Bonchev–Trinajstić information content (AvgIpc) is 2.49. The van der Waals surface area contributed by atoms with E-state index in [0.29, 0.717) is 16.7 Å². The number of rotatable bonds is 5. The number of pyridine rings is 1. The fourth-order valence-corrected chi connectivity index (χ4v) is 2.57. The molecule has 1 aromatic carbocycles. The molecule has 0 N–H and O–H groups in total. The highest BCUT2D eigenvalue weighted by molar-refractivity contribution is 9.10. The lowest BCUT2D eigenvalue weighted by Gasteiger charge is -2.22. The summed E-state index contributed by atoms with van der Waals surface area (Å²) in [6.45, 7) is 5.49. The average molecular weight is 347 g/mol. The highest BCUT2D eigenvalue weighted by Crippen LogP contribution is 2.17. The maximum Gasteiger partial charge on any atom is 0.256 e. The Bertz CT molecular complexity index is 610. The molecule has 1 amide bonds. The monoisotopic (exact) mass is 346 g/mol. The van der Waals surface area contributed by atoms with Crippen LogP contribution in [-0.4, -0.2) is 22.3 Å². The Morgan fingerprint density at radius 2 is 1.95 bits per heavy atom. The summed E-state index contributed by atoms with van der Waals surface area (Å²) in [4.78, 5) is 18.7. The molecule has 0 bridgehead atoms. The molecule has 0 radical (unpaired) electrons. The summed E-state index contributed by atoms with van der Waals surface area (Å²) in [5.41, 5.74) is 2.97. The smallest absolute Gasteiger partial charge is 0.256 e. The van der Waals surface area contributed by atoms with E-state index >= 15 is 0 Å². The second-order valence-electron chi connectivity index (χ2n) is 5.05. The van der Waals surface area contributed by atoms with E-state index in [4.69, 9.17) is 0 Å². The van der Waals surface area contributed by atoms with Gasteiger partial charge in [0.05, 0.1) is 5.56 Å². The summed E-state index contributed by atoms with van der Waals surface area (Å²) in [6.07, 6.45) is 2.60. The number of aryl methyl sites for hydroxylation is 1. The zero-order valence-corrected chi connectivity index (χ0v) is 13.9. The van der Waals surface area contributed by atoms with Crippen LogP contribution < -0.4 is 0 Å². The van der Waals surface area contributed by atoms with E-state index < -0.39 is 0 Å². The van der Waals surface area contributed by atoms with Crippen LogP contribution in [0.4, 0.5) is 0 Å². The highest BCUT2D eigenvalue weighted by atomic mass is 79.9. The minimum absolute atomic E-state index is 0.0115. The molecule has 2 rings (SSSR count). The first-order valence-electron chi connectivity index (χ1n) is 7.07. The molecule has 4 heteroatoms. The first-order chi connectivity index (χ1) is 10.1. The van der Waals surface area contributed by atoms with Crippen molar-refractivity contribution in [3.8, 4) is 0 Å². The quantitative estimate of drug-likeness (QED) is 0.760. The molecular formula is C17H19BrN2O. The number of amides is 1. The van der Waals surface area contributed by atoms with Gasteiger partial charge in [-0.3, -0.25) is 4.79 Å². The number of carbonyl (C=O) groups excluding carboxylic acids is 1. The van der Waals surface area contributed by atoms with Crippen molar-refractivity contribution in [2.45, 2.75) is 26.8 Å². The van der Waals surface area contributed by atoms with Gasteiger partial charge in [0.2, 0.25) is 0 Å². The van der Waals surface area contributed by atoms with E-state index in [2.05, 4.69) is 59.0 Å². The topological polar surface area (TPSA) is 33.2 Å². The summed E-state index contributed by atoms with van der Waals surface area (Å²) in [5, 5.41) is 0. The van der Waals surface area contributed by atoms with Gasteiger partial charge >= 0.3 is 0 Å². The predicted molar refractivity (Wildman–Crippen MR) is 88.1 cm³/mol. The third-order valence-electron chi connectivity index (χ3n) is 3.26. The van der Waals surface area contributed by atoms with E-state index in [0.717, 1.165) is 18.5 Å². The Kier molecular flexibility index (Phi) is 5.51. The molecule has 0 spiro atoms. The molecule has 0 aliphatic carbocycles. The first kappa shape index (κ1) is 15.7.